The van der Waals surface area contributed by atoms with Gasteiger partial charge in [-0.1, -0.05) is 12.1 Å². The summed E-state index contributed by atoms with van der Waals surface area (Å²) in [5.41, 5.74) is 4.75. The second-order valence-electron chi connectivity index (χ2n) is 8.88. The van der Waals surface area contributed by atoms with E-state index in [9.17, 15) is 9.00 Å². The van der Waals surface area contributed by atoms with Gasteiger partial charge in [-0.05, 0) is 80.8 Å². The number of nitriles is 1. The molecule has 2 aromatic rings. The third kappa shape index (κ3) is 5.98. The van der Waals surface area contributed by atoms with E-state index < -0.39 is 10.8 Å². The number of piperidine rings is 1. The molecular formula is C25H31N5O2S. The highest BCUT2D eigenvalue weighted by Crippen LogP contribution is 2.36. The predicted octanol–water partition coefficient (Wildman–Crippen LogP) is 4.05. The van der Waals surface area contributed by atoms with Crippen LogP contribution in [0.2, 0.25) is 0 Å². The molecule has 0 bridgehead atoms. The van der Waals surface area contributed by atoms with E-state index in [0.29, 0.717) is 5.92 Å². The minimum absolute atomic E-state index is 0.139. The topological polar surface area (TPSA) is 102 Å². The Bertz CT molecular complexity index is 1090. The average molecular weight is 466 g/mol. The fraction of sp³-hybridized carbons (Fsp3) is 0.480. The van der Waals surface area contributed by atoms with Crippen molar-refractivity contribution < 1.29 is 9.00 Å². The van der Waals surface area contributed by atoms with Crippen LogP contribution < -0.4 is 5.32 Å². The average Bonchev–Trinajstić information content (AvgIpc) is 3.33. The van der Waals surface area contributed by atoms with Gasteiger partial charge in [0.15, 0.2) is 5.82 Å². The van der Waals surface area contributed by atoms with Gasteiger partial charge in [0.1, 0.15) is 11.8 Å². The number of amides is 1. The number of likely N-dealkylation sites (tertiary alicyclic amines) is 1. The van der Waals surface area contributed by atoms with Gasteiger partial charge in [0.25, 0.3) is 5.91 Å². The van der Waals surface area contributed by atoms with Crippen LogP contribution >= 0.6 is 0 Å². The molecule has 4 rings (SSSR count). The molecule has 7 nitrogen and oxygen atoms in total. The van der Waals surface area contributed by atoms with Crippen LogP contribution in [0.1, 0.15) is 71.9 Å². The zero-order valence-electron chi connectivity index (χ0n) is 19.1. The molecule has 33 heavy (non-hydrogen) atoms. The van der Waals surface area contributed by atoms with E-state index in [-0.39, 0.29) is 17.4 Å². The summed E-state index contributed by atoms with van der Waals surface area (Å²) in [6.45, 7) is 2.95. The van der Waals surface area contributed by atoms with Crippen LogP contribution in [-0.4, -0.2) is 56.6 Å². The highest BCUT2D eigenvalue weighted by Gasteiger charge is 2.23. The lowest BCUT2D eigenvalue weighted by Gasteiger charge is -2.32. The number of carbonyl (C=O) groups is 1. The molecule has 1 unspecified atom stereocenters. The van der Waals surface area contributed by atoms with Crippen molar-refractivity contribution in [1.82, 2.24) is 14.9 Å². The molecular weight excluding hydrogens is 434 g/mol. The molecule has 174 valence electrons. The van der Waals surface area contributed by atoms with Gasteiger partial charge in [0.05, 0.1) is 6.20 Å². The van der Waals surface area contributed by atoms with Crippen LogP contribution in [0.25, 0.3) is 5.57 Å². The Morgan fingerprint density at radius 3 is 2.82 bits per heavy atom. The largest absolute Gasteiger partial charge is 0.326 e. The van der Waals surface area contributed by atoms with Crippen molar-refractivity contribution in [2.24, 2.45) is 0 Å². The Morgan fingerprint density at radius 2 is 2.15 bits per heavy atom. The van der Waals surface area contributed by atoms with Crippen LogP contribution in [0, 0.1) is 11.3 Å². The number of aromatic amines is 1. The Hall–Kier alpha value is -2.76. The SMILES string of the molecule is CS(=O)CCN1CCC(c2ccc(NC(=O)c3ncc(C#N)[nH]3)c(C3=CCCCC3)c2)CC1. The lowest BCUT2D eigenvalue weighted by atomic mass is 9.85. The van der Waals surface area contributed by atoms with Crippen molar-refractivity contribution in [2.45, 2.75) is 44.4 Å². The summed E-state index contributed by atoms with van der Waals surface area (Å²) >= 11 is 0. The third-order valence-corrected chi connectivity index (χ3v) is 7.35. The fourth-order valence-corrected chi connectivity index (χ4v) is 5.21. The van der Waals surface area contributed by atoms with Gasteiger partial charge in [0.2, 0.25) is 0 Å². The number of nitrogens with one attached hydrogen (secondary N) is 2. The zero-order chi connectivity index (χ0) is 23.2. The Balaban J connectivity index is 1.52. The van der Waals surface area contributed by atoms with Crippen molar-refractivity contribution in [1.29, 1.82) is 5.26 Å². The first-order chi connectivity index (χ1) is 16.0. The van der Waals surface area contributed by atoms with Gasteiger partial charge in [-0.25, -0.2) is 4.98 Å². The summed E-state index contributed by atoms with van der Waals surface area (Å²) in [5.74, 6) is 1.02. The summed E-state index contributed by atoms with van der Waals surface area (Å²) in [6, 6.07) is 8.37. The second kappa shape index (κ2) is 10.9. The number of aromatic nitrogens is 2. The summed E-state index contributed by atoms with van der Waals surface area (Å²) in [6.07, 6.45) is 12.0. The number of hydrogen-bond donors (Lipinski definition) is 2. The molecule has 0 saturated carbocycles. The second-order valence-corrected chi connectivity index (χ2v) is 10.4. The van der Waals surface area contributed by atoms with E-state index in [0.717, 1.165) is 68.7 Å². The number of imidazole rings is 1. The number of carbonyl (C=O) groups excluding carboxylic acids is 1. The molecule has 2 aliphatic rings. The van der Waals surface area contributed by atoms with Crippen molar-refractivity contribution >= 4 is 28.0 Å². The van der Waals surface area contributed by atoms with Crippen molar-refractivity contribution in [3.8, 4) is 6.07 Å². The lowest BCUT2D eigenvalue weighted by molar-refractivity contribution is 0.101. The van der Waals surface area contributed by atoms with E-state index >= 15 is 0 Å². The summed E-state index contributed by atoms with van der Waals surface area (Å²) in [7, 11) is -0.744. The number of benzene rings is 1. The number of H-pyrrole nitrogens is 1. The van der Waals surface area contributed by atoms with Crippen LogP contribution in [0.3, 0.4) is 0 Å². The Labute approximate surface area is 197 Å². The van der Waals surface area contributed by atoms with E-state index in [1.807, 2.05) is 12.1 Å². The number of hydrogen-bond acceptors (Lipinski definition) is 5. The van der Waals surface area contributed by atoms with E-state index in [1.165, 1.54) is 23.8 Å². The highest BCUT2D eigenvalue weighted by molar-refractivity contribution is 7.84. The molecule has 1 amide bonds. The fourth-order valence-electron chi connectivity index (χ4n) is 4.70. The molecule has 1 aromatic heterocycles. The molecule has 0 radical (unpaired) electrons. The maximum Gasteiger partial charge on any atom is 0.291 e. The molecule has 2 heterocycles. The lowest BCUT2D eigenvalue weighted by Crippen LogP contribution is -2.35. The highest BCUT2D eigenvalue weighted by atomic mass is 32.2. The molecule has 1 atom stereocenters. The van der Waals surface area contributed by atoms with Crippen LogP contribution in [0.5, 0.6) is 0 Å². The maximum absolute atomic E-state index is 12.7. The maximum atomic E-state index is 12.7. The van der Waals surface area contributed by atoms with Crippen molar-refractivity contribution in [3.05, 3.63) is 53.1 Å². The van der Waals surface area contributed by atoms with Crippen molar-refractivity contribution in [3.63, 3.8) is 0 Å². The number of nitrogens with zero attached hydrogens (tertiary/aromatic N) is 3. The number of rotatable bonds is 7. The van der Waals surface area contributed by atoms with E-state index in [4.69, 9.17) is 5.26 Å². The zero-order valence-corrected chi connectivity index (χ0v) is 19.9. The minimum Gasteiger partial charge on any atom is -0.326 e. The van der Waals surface area contributed by atoms with Crippen LogP contribution in [-0.2, 0) is 10.8 Å². The molecule has 1 fully saturated rings. The normalized spacial score (nSPS) is 18.4. The van der Waals surface area contributed by atoms with Gasteiger partial charge in [-0.15, -0.1) is 0 Å². The van der Waals surface area contributed by atoms with Gasteiger partial charge in [-0.2, -0.15) is 5.26 Å². The Morgan fingerprint density at radius 1 is 1.33 bits per heavy atom. The number of allylic oxidation sites excluding steroid dienone is 2. The molecule has 0 spiro atoms. The Kier molecular flexibility index (Phi) is 7.73. The summed E-state index contributed by atoms with van der Waals surface area (Å²) in [5, 5.41) is 12.0. The number of anilines is 1. The van der Waals surface area contributed by atoms with Gasteiger partial charge in [0, 0.05) is 40.6 Å². The quantitative estimate of drug-likeness (QED) is 0.642. The summed E-state index contributed by atoms with van der Waals surface area (Å²) in [4.78, 5) is 21.9. The van der Waals surface area contributed by atoms with Gasteiger partial charge in [-0.3, -0.25) is 9.00 Å². The van der Waals surface area contributed by atoms with Gasteiger partial charge < -0.3 is 15.2 Å². The van der Waals surface area contributed by atoms with E-state index in [1.54, 1.807) is 6.26 Å². The molecule has 1 aliphatic carbocycles. The van der Waals surface area contributed by atoms with Gasteiger partial charge >= 0.3 is 0 Å². The molecule has 1 saturated heterocycles. The predicted molar refractivity (Wildman–Crippen MR) is 131 cm³/mol. The smallest absolute Gasteiger partial charge is 0.291 e. The van der Waals surface area contributed by atoms with Crippen LogP contribution in [0.4, 0.5) is 5.69 Å². The summed E-state index contributed by atoms with van der Waals surface area (Å²) < 4.78 is 11.4. The first-order valence-electron chi connectivity index (χ1n) is 11.7. The molecule has 8 heteroatoms. The first-order valence-corrected chi connectivity index (χ1v) is 13.4. The molecule has 1 aliphatic heterocycles. The standard InChI is InChI=1S/C25H31N5O2S/c1-33(32)14-13-30-11-9-18(10-12-30)20-7-8-23(22(15-20)19-5-3-2-4-6-19)29-25(31)24-27-17-21(16-26)28-24/h5,7-8,15,17-18H,2-4,6,9-14H2,1H3,(H,27,28)(H,29,31). The van der Waals surface area contributed by atoms with Crippen LogP contribution in [0.15, 0.2) is 30.5 Å². The van der Waals surface area contributed by atoms with Crippen molar-refractivity contribution in [2.75, 3.05) is 37.0 Å². The third-order valence-electron chi connectivity index (χ3n) is 6.59. The minimum atomic E-state index is -0.744. The molecule has 1 aromatic carbocycles. The monoisotopic (exact) mass is 465 g/mol. The van der Waals surface area contributed by atoms with E-state index in [2.05, 4.69) is 38.4 Å². The molecule has 2 N–H and O–H groups in total. The first kappa shape index (κ1) is 23.4.